The van der Waals surface area contributed by atoms with Crippen LogP contribution in [0.1, 0.15) is 31.8 Å². The van der Waals surface area contributed by atoms with E-state index in [1.807, 2.05) is 97.1 Å². The smallest absolute Gasteiger partial charge is 0.335 e. The van der Waals surface area contributed by atoms with Crippen molar-refractivity contribution in [2.24, 2.45) is 9.98 Å². The lowest BCUT2D eigenvalue weighted by molar-refractivity contribution is 0.0686. The number of carboxylic acids is 2. The third kappa shape index (κ3) is 7.90. The van der Waals surface area contributed by atoms with E-state index in [0.29, 0.717) is 11.5 Å². The zero-order valence-electron chi connectivity index (χ0n) is 27.5. The van der Waals surface area contributed by atoms with Crippen LogP contribution < -0.4 is 0 Å². The maximum atomic E-state index is 11.0. The molecular weight excluding hydrogens is 651 g/mol. The lowest BCUT2D eigenvalue weighted by Gasteiger charge is -2.06. The first-order chi connectivity index (χ1) is 25.4. The van der Waals surface area contributed by atoms with Gasteiger partial charge in [-0.25, -0.2) is 14.6 Å². The molecule has 0 spiro atoms. The summed E-state index contributed by atoms with van der Waals surface area (Å²) in [5, 5.41) is 26.9. The number of hydrogen-bond donors (Lipinski definition) is 2. The molecule has 0 aliphatic rings. The first kappa shape index (κ1) is 33.1. The molecule has 1 heterocycles. The van der Waals surface area contributed by atoms with Crippen molar-refractivity contribution in [2.45, 2.75) is 0 Å². The normalized spacial score (nSPS) is 11.2. The number of hydrogen-bond acceptors (Lipinski definition) is 7. The van der Waals surface area contributed by atoms with E-state index < -0.39 is 11.9 Å². The van der Waals surface area contributed by atoms with Gasteiger partial charge in [0.25, 0.3) is 0 Å². The highest BCUT2D eigenvalue weighted by Gasteiger charge is 2.08. The zero-order chi connectivity index (χ0) is 35.9. The van der Waals surface area contributed by atoms with Crippen molar-refractivity contribution in [2.75, 3.05) is 0 Å². The maximum absolute atomic E-state index is 11.0. The molecule has 7 rings (SSSR count). The van der Waals surface area contributed by atoms with E-state index >= 15 is 0 Å². The van der Waals surface area contributed by atoms with Crippen LogP contribution in [0.5, 0.6) is 0 Å². The molecule has 7 aromatic rings. The van der Waals surface area contributed by atoms with Crippen molar-refractivity contribution in [3.8, 4) is 44.9 Å². The Balaban J connectivity index is 0.954. The molecule has 0 amide bonds. The van der Waals surface area contributed by atoms with Gasteiger partial charge in [-0.05, 0) is 81.9 Å². The molecule has 0 fully saturated rings. The summed E-state index contributed by atoms with van der Waals surface area (Å²) in [7, 11) is 0. The van der Waals surface area contributed by atoms with E-state index in [1.54, 1.807) is 67.2 Å². The van der Waals surface area contributed by atoms with Crippen LogP contribution in [0.25, 0.3) is 44.9 Å². The van der Waals surface area contributed by atoms with Crippen LogP contribution in [0.3, 0.4) is 0 Å². The van der Waals surface area contributed by atoms with Crippen LogP contribution in [0.15, 0.2) is 162 Å². The number of aliphatic imine (C=N–C) groups is 2. The summed E-state index contributed by atoms with van der Waals surface area (Å²) in [5.74, 6) is -1.37. The van der Waals surface area contributed by atoms with Gasteiger partial charge in [0, 0.05) is 23.6 Å². The minimum absolute atomic E-state index is 0.241. The predicted molar refractivity (Wildman–Crippen MR) is 203 cm³/mol. The number of aromatic carboxylic acids is 2. The Morgan fingerprint density at radius 1 is 0.442 bits per heavy atom. The van der Waals surface area contributed by atoms with Crippen LogP contribution >= 0.6 is 0 Å². The number of aromatic nitrogens is 3. The van der Waals surface area contributed by atoms with Gasteiger partial charge in [-0.2, -0.15) is 0 Å². The van der Waals surface area contributed by atoms with Crippen LogP contribution in [0, 0.1) is 0 Å². The summed E-state index contributed by atoms with van der Waals surface area (Å²) in [6.07, 6.45) is 5.14. The molecule has 0 saturated carbocycles. The van der Waals surface area contributed by atoms with E-state index in [2.05, 4.69) is 25.2 Å². The minimum atomic E-state index is -0.955. The predicted octanol–water partition coefficient (Wildman–Crippen LogP) is 9.44. The van der Waals surface area contributed by atoms with Gasteiger partial charge in [0.05, 0.1) is 28.7 Å². The van der Waals surface area contributed by atoms with Crippen molar-refractivity contribution in [1.29, 1.82) is 0 Å². The minimum Gasteiger partial charge on any atom is -0.478 e. The van der Waals surface area contributed by atoms with Gasteiger partial charge in [-0.15, -0.1) is 10.2 Å². The van der Waals surface area contributed by atoms with Crippen molar-refractivity contribution < 1.29 is 19.8 Å². The fourth-order valence-corrected chi connectivity index (χ4v) is 5.39. The van der Waals surface area contributed by atoms with E-state index in [-0.39, 0.29) is 11.1 Å². The van der Waals surface area contributed by atoms with Crippen LogP contribution in [-0.2, 0) is 0 Å². The Morgan fingerprint density at radius 2 is 0.808 bits per heavy atom. The first-order valence-corrected chi connectivity index (χ1v) is 16.2. The van der Waals surface area contributed by atoms with Crippen LogP contribution in [0.4, 0.5) is 11.4 Å². The molecule has 0 radical (unpaired) electrons. The van der Waals surface area contributed by atoms with Gasteiger partial charge < -0.3 is 10.2 Å². The zero-order valence-corrected chi connectivity index (χ0v) is 27.5. The standard InChI is InChI=1S/C43H29N5O4/c49-42(50)36-5-1-28(2-6-36)25-44-38-21-17-32(18-22-38)30-9-13-34(14-10-30)40-27-46-41(48-47-40)35-15-11-31(12-16-35)33-19-23-39(24-20-33)45-26-29-3-7-37(8-4-29)43(51)52/h1-27H,(H,49,50)(H,51,52). The summed E-state index contributed by atoms with van der Waals surface area (Å²) in [5.41, 5.74) is 10.3. The SMILES string of the molecule is O=C(O)c1ccc(C=Nc2ccc(-c3ccc(-c4cnc(-c5ccc(-c6ccc(N=Cc7ccc(C(=O)O)cc7)cc6)cc5)nn4)cc3)cc2)cc1. The molecule has 9 nitrogen and oxygen atoms in total. The molecule has 250 valence electrons. The van der Waals surface area contributed by atoms with E-state index in [1.165, 1.54) is 0 Å². The average Bonchev–Trinajstić information content (AvgIpc) is 3.20. The third-order valence-electron chi connectivity index (χ3n) is 8.33. The molecule has 0 atom stereocenters. The van der Waals surface area contributed by atoms with Crippen molar-refractivity contribution in [1.82, 2.24) is 15.2 Å². The molecule has 9 heteroatoms. The fourth-order valence-electron chi connectivity index (χ4n) is 5.39. The molecule has 0 saturated heterocycles. The number of rotatable bonds is 10. The molecule has 0 unspecified atom stereocenters. The van der Waals surface area contributed by atoms with Gasteiger partial charge >= 0.3 is 11.9 Å². The molecule has 6 aromatic carbocycles. The summed E-state index contributed by atoms with van der Waals surface area (Å²) >= 11 is 0. The van der Waals surface area contributed by atoms with Gasteiger partial charge in [0.15, 0.2) is 5.82 Å². The second-order valence-corrected chi connectivity index (χ2v) is 11.8. The Labute approximate surface area is 299 Å². The Bertz CT molecular complexity index is 2210. The highest BCUT2D eigenvalue weighted by atomic mass is 16.4. The van der Waals surface area contributed by atoms with E-state index in [9.17, 15) is 9.59 Å². The molecule has 2 N–H and O–H groups in total. The molecule has 52 heavy (non-hydrogen) atoms. The number of benzene rings is 6. The summed E-state index contributed by atoms with van der Waals surface area (Å²) < 4.78 is 0. The van der Waals surface area contributed by atoms with E-state index in [4.69, 9.17) is 10.2 Å². The highest BCUT2D eigenvalue weighted by Crippen LogP contribution is 2.28. The van der Waals surface area contributed by atoms with Crippen LogP contribution in [0.2, 0.25) is 0 Å². The van der Waals surface area contributed by atoms with Gasteiger partial charge in [-0.3, -0.25) is 9.98 Å². The molecule has 0 bridgehead atoms. The third-order valence-corrected chi connectivity index (χ3v) is 8.33. The topological polar surface area (TPSA) is 138 Å². The second-order valence-electron chi connectivity index (χ2n) is 11.8. The average molecular weight is 680 g/mol. The largest absolute Gasteiger partial charge is 0.478 e. The Morgan fingerprint density at radius 3 is 1.17 bits per heavy atom. The second kappa shape index (κ2) is 15.0. The molecule has 0 aliphatic carbocycles. The number of carboxylic acid groups (broad SMARTS) is 2. The van der Waals surface area contributed by atoms with Gasteiger partial charge in [0.1, 0.15) is 5.69 Å². The van der Waals surface area contributed by atoms with E-state index in [0.717, 1.165) is 55.9 Å². The summed E-state index contributed by atoms with van der Waals surface area (Å²) in [6.45, 7) is 0. The summed E-state index contributed by atoms with van der Waals surface area (Å²) in [4.78, 5) is 35.7. The quantitative estimate of drug-likeness (QED) is 0.137. The maximum Gasteiger partial charge on any atom is 0.335 e. The lowest BCUT2D eigenvalue weighted by Crippen LogP contribution is -1.95. The monoisotopic (exact) mass is 679 g/mol. The Kier molecular flexibility index (Phi) is 9.57. The molecule has 0 aliphatic heterocycles. The van der Waals surface area contributed by atoms with Gasteiger partial charge in [-0.1, -0.05) is 97.1 Å². The lowest BCUT2D eigenvalue weighted by atomic mass is 10.0. The highest BCUT2D eigenvalue weighted by molar-refractivity contribution is 5.90. The number of carbonyl (C=O) groups is 2. The first-order valence-electron chi connectivity index (χ1n) is 16.2. The number of nitrogens with zero attached hydrogens (tertiary/aromatic N) is 5. The Hall–Kier alpha value is -7.39. The van der Waals surface area contributed by atoms with Crippen LogP contribution in [-0.4, -0.2) is 49.8 Å². The van der Waals surface area contributed by atoms with Crippen molar-refractivity contribution >= 4 is 35.7 Å². The van der Waals surface area contributed by atoms with Crippen molar-refractivity contribution in [3.63, 3.8) is 0 Å². The molecular formula is C43H29N5O4. The van der Waals surface area contributed by atoms with Gasteiger partial charge in [0.2, 0.25) is 0 Å². The molecule has 1 aromatic heterocycles. The summed E-state index contributed by atoms with van der Waals surface area (Å²) in [6, 6.07) is 45.0. The fraction of sp³-hybridized carbons (Fsp3) is 0. The van der Waals surface area contributed by atoms with Crippen molar-refractivity contribution in [3.05, 3.63) is 174 Å².